The minimum Gasteiger partial charge on any atom is -0.477 e. The van der Waals surface area contributed by atoms with E-state index < -0.39 is 5.97 Å². The minimum atomic E-state index is -0.892. The first kappa shape index (κ1) is 12.7. The zero-order valence-corrected chi connectivity index (χ0v) is 9.57. The van der Waals surface area contributed by atoms with Crippen molar-refractivity contribution in [3.05, 3.63) is 23.3 Å². The van der Waals surface area contributed by atoms with E-state index in [1.54, 1.807) is 6.21 Å². The van der Waals surface area contributed by atoms with Gasteiger partial charge in [0.15, 0.2) is 0 Å². The van der Waals surface area contributed by atoms with Gasteiger partial charge in [0, 0.05) is 31.0 Å². The maximum Gasteiger partial charge on any atom is 0.343 e. The average Bonchev–Trinajstić information content (AvgIpc) is 2.32. The summed E-state index contributed by atoms with van der Waals surface area (Å²) in [6.45, 7) is 0. The van der Waals surface area contributed by atoms with Crippen LogP contribution >= 0.6 is 11.8 Å². The summed E-state index contributed by atoms with van der Waals surface area (Å²) in [7, 11) is 0. The van der Waals surface area contributed by atoms with E-state index in [2.05, 4.69) is 11.1 Å². The number of Topliss-reactive ketones (excluding diaryl/α,β-unsaturated/α-hetero) is 1. The van der Waals surface area contributed by atoms with E-state index in [4.69, 9.17) is 5.11 Å². The van der Waals surface area contributed by atoms with Crippen LogP contribution in [0.15, 0.2) is 28.2 Å². The normalized spacial score (nSPS) is 18.5. The largest absolute Gasteiger partial charge is 0.477 e. The summed E-state index contributed by atoms with van der Waals surface area (Å²) in [5, 5.41) is 8.38. The summed E-state index contributed by atoms with van der Waals surface area (Å²) in [5.74, 6) is 0.150. The average molecular weight is 239 g/mol. The number of thioether (sulfide) groups is 1. The molecule has 0 aromatic heterocycles. The molecule has 0 fully saturated rings. The highest BCUT2D eigenvalue weighted by atomic mass is 32.2. The Hall–Kier alpha value is -1.36. The van der Waals surface area contributed by atoms with Crippen LogP contribution in [0.3, 0.4) is 0 Å². The molecule has 0 amide bonds. The number of ketones is 1. The third-order valence-electron chi connectivity index (χ3n) is 1.92. The zero-order chi connectivity index (χ0) is 11.8. The molecule has 1 heterocycles. The van der Waals surface area contributed by atoms with Crippen molar-refractivity contribution in [2.45, 2.75) is 19.3 Å². The van der Waals surface area contributed by atoms with Crippen LogP contribution in [0.2, 0.25) is 0 Å². The van der Waals surface area contributed by atoms with Gasteiger partial charge in [0.2, 0.25) is 0 Å². The van der Waals surface area contributed by atoms with Crippen molar-refractivity contribution in [1.82, 2.24) is 0 Å². The van der Waals surface area contributed by atoms with Gasteiger partial charge in [-0.3, -0.25) is 9.79 Å². The molecule has 2 rings (SSSR count). The summed E-state index contributed by atoms with van der Waals surface area (Å²) in [4.78, 5) is 24.6. The van der Waals surface area contributed by atoms with Crippen molar-refractivity contribution in [3.63, 3.8) is 0 Å². The van der Waals surface area contributed by atoms with Crippen LogP contribution in [0.5, 0.6) is 0 Å². The number of carbonyl (C=O) groups excluding carboxylic acids is 1. The molecule has 2 aliphatic rings. The molecule has 4 nitrogen and oxygen atoms in total. The molecule has 0 aromatic rings. The van der Waals surface area contributed by atoms with Gasteiger partial charge in [-0.25, -0.2) is 4.79 Å². The Morgan fingerprint density at radius 1 is 1.44 bits per heavy atom. The standard InChI is InChI=1S/C6H8O.C5H5NO2S/c7-6-4-2-1-3-5-6;7-5(8)4-3-6-1-2-9-4/h1-2H,3-5H2;1,3H,2H2,(H,7,8). The minimum absolute atomic E-state index is 0.317. The van der Waals surface area contributed by atoms with Crippen LogP contribution in [0.1, 0.15) is 19.3 Å². The Morgan fingerprint density at radius 2 is 2.25 bits per heavy atom. The first-order chi connectivity index (χ1) is 7.70. The monoisotopic (exact) mass is 239 g/mol. The van der Waals surface area contributed by atoms with E-state index in [-0.39, 0.29) is 0 Å². The summed E-state index contributed by atoms with van der Waals surface area (Å²) < 4.78 is 0. The molecule has 1 aliphatic heterocycles. The molecular formula is C11H13NO3S. The lowest BCUT2D eigenvalue weighted by Gasteiger charge is -1.99. The van der Waals surface area contributed by atoms with E-state index in [1.165, 1.54) is 18.0 Å². The Labute approximate surface area is 98.1 Å². The van der Waals surface area contributed by atoms with Crippen LogP contribution in [0, 0.1) is 0 Å². The molecule has 0 saturated heterocycles. The fourth-order valence-electron chi connectivity index (χ4n) is 1.12. The van der Waals surface area contributed by atoms with Crippen LogP contribution < -0.4 is 0 Å². The number of nitrogens with zero attached hydrogens (tertiary/aromatic N) is 1. The number of allylic oxidation sites excluding steroid dienone is 2. The topological polar surface area (TPSA) is 66.7 Å². The van der Waals surface area contributed by atoms with E-state index in [0.29, 0.717) is 22.9 Å². The smallest absolute Gasteiger partial charge is 0.343 e. The van der Waals surface area contributed by atoms with Gasteiger partial charge in [-0.05, 0) is 6.42 Å². The second-order valence-corrected chi connectivity index (χ2v) is 4.26. The van der Waals surface area contributed by atoms with E-state index in [1.807, 2.05) is 6.08 Å². The maximum atomic E-state index is 10.4. The maximum absolute atomic E-state index is 10.4. The molecule has 0 atom stereocenters. The number of rotatable bonds is 1. The van der Waals surface area contributed by atoms with Gasteiger partial charge in [0.1, 0.15) is 10.7 Å². The lowest BCUT2D eigenvalue weighted by atomic mass is 10.1. The van der Waals surface area contributed by atoms with Gasteiger partial charge in [0.05, 0.1) is 0 Å². The predicted octanol–water partition coefficient (Wildman–Crippen LogP) is 2.03. The van der Waals surface area contributed by atoms with Crippen LogP contribution in [-0.2, 0) is 9.59 Å². The molecule has 5 heteroatoms. The Balaban J connectivity index is 0.000000165. The fourth-order valence-corrected chi connectivity index (χ4v) is 1.72. The number of carbonyl (C=O) groups is 2. The number of hydrogen-bond donors (Lipinski definition) is 1. The van der Waals surface area contributed by atoms with Gasteiger partial charge in [0.25, 0.3) is 0 Å². The molecule has 1 N–H and O–H groups in total. The first-order valence-electron chi connectivity index (χ1n) is 4.94. The molecule has 0 bridgehead atoms. The van der Waals surface area contributed by atoms with Crippen molar-refractivity contribution in [2.75, 3.05) is 5.75 Å². The lowest BCUT2D eigenvalue weighted by Crippen LogP contribution is -2.00. The van der Waals surface area contributed by atoms with Crippen LogP contribution in [0.25, 0.3) is 0 Å². The van der Waals surface area contributed by atoms with E-state index >= 15 is 0 Å². The number of carboxylic acid groups (broad SMARTS) is 1. The van der Waals surface area contributed by atoms with Gasteiger partial charge < -0.3 is 5.11 Å². The van der Waals surface area contributed by atoms with Crippen molar-refractivity contribution >= 4 is 29.7 Å². The summed E-state index contributed by atoms with van der Waals surface area (Å²) in [6, 6.07) is 0. The number of carboxylic acids is 1. The quantitative estimate of drug-likeness (QED) is 0.711. The Kier molecular flexibility index (Phi) is 5.56. The third kappa shape index (κ3) is 4.93. The Bertz CT molecular complexity index is 358. The van der Waals surface area contributed by atoms with Crippen molar-refractivity contribution < 1.29 is 14.7 Å². The molecule has 0 spiro atoms. The van der Waals surface area contributed by atoms with Gasteiger partial charge in [-0.2, -0.15) is 0 Å². The molecule has 1 aliphatic carbocycles. The van der Waals surface area contributed by atoms with Gasteiger partial charge in [-0.1, -0.05) is 12.2 Å². The molecule has 0 saturated carbocycles. The predicted molar refractivity (Wildman–Crippen MR) is 64.7 cm³/mol. The van der Waals surface area contributed by atoms with E-state index in [0.717, 1.165) is 12.8 Å². The highest BCUT2D eigenvalue weighted by Crippen LogP contribution is 2.17. The molecular weight excluding hydrogens is 226 g/mol. The number of hydrogen-bond acceptors (Lipinski definition) is 4. The lowest BCUT2D eigenvalue weighted by molar-refractivity contribution is -0.131. The SMILES string of the molecule is O=C(O)C1=CN=CCS1.O=C1CC=CCC1. The number of aliphatic carboxylic acids is 1. The summed E-state index contributed by atoms with van der Waals surface area (Å²) in [5.41, 5.74) is 0. The number of aliphatic imine (C=N–C) groups is 1. The molecule has 86 valence electrons. The Morgan fingerprint density at radius 3 is 2.56 bits per heavy atom. The summed E-state index contributed by atoms with van der Waals surface area (Å²) in [6.07, 6.45) is 9.41. The first-order valence-corrected chi connectivity index (χ1v) is 5.93. The van der Waals surface area contributed by atoms with Crippen LogP contribution in [-0.4, -0.2) is 28.8 Å². The second kappa shape index (κ2) is 7.00. The van der Waals surface area contributed by atoms with Gasteiger partial charge in [-0.15, -0.1) is 11.8 Å². The van der Waals surface area contributed by atoms with Crippen molar-refractivity contribution in [1.29, 1.82) is 0 Å². The highest BCUT2D eigenvalue weighted by Gasteiger charge is 2.07. The molecule has 0 unspecified atom stereocenters. The third-order valence-corrected chi connectivity index (χ3v) is 2.83. The molecule has 16 heavy (non-hydrogen) atoms. The van der Waals surface area contributed by atoms with Crippen molar-refractivity contribution in [3.8, 4) is 0 Å². The van der Waals surface area contributed by atoms with Crippen LogP contribution in [0.4, 0.5) is 0 Å². The van der Waals surface area contributed by atoms with E-state index in [9.17, 15) is 9.59 Å². The van der Waals surface area contributed by atoms with Crippen molar-refractivity contribution in [2.24, 2.45) is 4.99 Å². The second-order valence-electron chi connectivity index (χ2n) is 3.19. The fraction of sp³-hybridized carbons (Fsp3) is 0.364. The summed E-state index contributed by atoms with van der Waals surface area (Å²) >= 11 is 1.28. The highest BCUT2D eigenvalue weighted by molar-refractivity contribution is 8.04. The molecule has 0 radical (unpaired) electrons. The molecule has 0 aromatic carbocycles. The zero-order valence-electron chi connectivity index (χ0n) is 8.76. The van der Waals surface area contributed by atoms with Gasteiger partial charge >= 0.3 is 5.97 Å².